The minimum Gasteiger partial charge on any atom is -0.382 e. The van der Waals surface area contributed by atoms with Gasteiger partial charge in [0.15, 0.2) is 0 Å². The Kier molecular flexibility index (Phi) is 6.33. The van der Waals surface area contributed by atoms with Crippen molar-refractivity contribution in [2.45, 2.75) is 6.18 Å². The summed E-state index contributed by atoms with van der Waals surface area (Å²) in [4.78, 5) is 3.76. The van der Waals surface area contributed by atoms with Crippen molar-refractivity contribution in [2.75, 3.05) is 38.8 Å². The van der Waals surface area contributed by atoms with Gasteiger partial charge in [-0.15, -0.1) is 0 Å². The first-order valence-electron chi connectivity index (χ1n) is 5.49. The molecule has 0 unspecified atom stereocenters. The van der Waals surface area contributed by atoms with E-state index in [0.717, 1.165) is 12.1 Å². The molecule has 0 saturated carbocycles. The summed E-state index contributed by atoms with van der Waals surface area (Å²) in [6.07, 6.45) is -4.45. The van der Waals surface area contributed by atoms with Gasteiger partial charge >= 0.3 is 6.18 Å². The molecule has 0 aliphatic heterocycles. The number of rotatable bonds is 7. The van der Waals surface area contributed by atoms with Crippen LogP contribution in [0.4, 0.5) is 19.0 Å². The van der Waals surface area contributed by atoms with Crippen LogP contribution in [0.5, 0.6) is 0 Å². The standard InChI is InChI=1S/C11H14ClF3N2O2/c1-18-4-5-19-3-2-16-10-7-8(11(13,14)15)6-9(12)17-10/h6-7H,2-5H2,1H3,(H,16,17). The van der Waals surface area contributed by atoms with Crippen LogP contribution >= 0.6 is 11.6 Å². The molecule has 0 atom stereocenters. The minimum atomic E-state index is -4.45. The summed E-state index contributed by atoms with van der Waals surface area (Å²) in [5, 5.41) is 2.50. The topological polar surface area (TPSA) is 43.4 Å². The normalized spacial score (nSPS) is 11.6. The fraction of sp³-hybridized carbons (Fsp3) is 0.545. The van der Waals surface area contributed by atoms with Crippen molar-refractivity contribution in [3.8, 4) is 0 Å². The predicted octanol–water partition coefficient (Wildman–Crippen LogP) is 2.83. The van der Waals surface area contributed by atoms with E-state index >= 15 is 0 Å². The molecule has 0 aliphatic rings. The molecule has 19 heavy (non-hydrogen) atoms. The lowest BCUT2D eigenvalue weighted by Gasteiger charge is -2.11. The van der Waals surface area contributed by atoms with Crippen LogP contribution in [0.2, 0.25) is 5.15 Å². The Hall–Kier alpha value is -1.05. The average molecular weight is 299 g/mol. The number of aromatic nitrogens is 1. The van der Waals surface area contributed by atoms with Crippen LogP contribution in [0.1, 0.15) is 5.56 Å². The van der Waals surface area contributed by atoms with E-state index in [-0.39, 0.29) is 11.0 Å². The number of pyridine rings is 1. The number of anilines is 1. The third-order valence-corrected chi connectivity index (χ3v) is 2.30. The van der Waals surface area contributed by atoms with Gasteiger partial charge in [-0.05, 0) is 12.1 Å². The fourth-order valence-electron chi connectivity index (χ4n) is 1.25. The van der Waals surface area contributed by atoms with E-state index in [1.165, 1.54) is 0 Å². The highest BCUT2D eigenvalue weighted by atomic mass is 35.5. The lowest BCUT2D eigenvalue weighted by molar-refractivity contribution is -0.137. The van der Waals surface area contributed by atoms with Crippen LogP contribution < -0.4 is 5.32 Å². The highest BCUT2D eigenvalue weighted by Crippen LogP contribution is 2.31. The zero-order valence-corrected chi connectivity index (χ0v) is 11.0. The number of methoxy groups -OCH3 is 1. The molecule has 1 aromatic rings. The molecule has 4 nitrogen and oxygen atoms in total. The molecule has 108 valence electrons. The third kappa shape index (κ3) is 6.09. The molecule has 0 spiro atoms. The van der Waals surface area contributed by atoms with Crippen molar-refractivity contribution in [3.05, 3.63) is 22.8 Å². The summed E-state index contributed by atoms with van der Waals surface area (Å²) < 4.78 is 47.5. The molecule has 0 aliphatic carbocycles. The number of nitrogens with one attached hydrogen (secondary N) is 1. The monoisotopic (exact) mass is 298 g/mol. The van der Waals surface area contributed by atoms with Gasteiger partial charge < -0.3 is 14.8 Å². The Morgan fingerprint density at radius 1 is 1.26 bits per heavy atom. The average Bonchev–Trinajstić information content (AvgIpc) is 2.32. The lowest BCUT2D eigenvalue weighted by Crippen LogP contribution is -2.14. The molecule has 0 aromatic carbocycles. The molecular formula is C11H14ClF3N2O2. The van der Waals surface area contributed by atoms with Crippen LogP contribution in [0.25, 0.3) is 0 Å². The number of alkyl halides is 3. The first-order valence-corrected chi connectivity index (χ1v) is 5.86. The Morgan fingerprint density at radius 2 is 2.00 bits per heavy atom. The summed E-state index contributed by atoms with van der Waals surface area (Å²) in [7, 11) is 1.55. The second kappa shape index (κ2) is 7.52. The van der Waals surface area contributed by atoms with E-state index in [4.69, 9.17) is 21.1 Å². The molecule has 1 N–H and O–H groups in total. The van der Waals surface area contributed by atoms with Crippen LogP contribution in [-0.2, 0) is 15.7 Å². The van der Waals surface area contributed by atoms with Crippen molar-refractivity contribution < 1.29 is 22.6 Å². The first-order chi connectivity index (χ1) is 8.93. The first kappa shape index (κ1) is 16.0. The Morgan fingerprint density at radius 3 is 2.63 bits per heavy atom. The van der Waals surface area contributed by atoms with Crippen LogP contribution in [0.15, 0.2) is 12.1 Å². The van der Waals surface area contributed by atoms with Gasteiger partial charge in [-0.1, -0.05) is 11.6 Å². The molecular weight excluding hydrogens is 285 g/mol. The predicted molar refractivity (Wildman–Crippen MR) is 65.4 cm³/mol. The van der Waals surface area contributed by atoms with E-state index in [9.17, 15) is 13.2 Å². The number of nitrogens with zero attached hydrogens (tertiary/aromatic N) is 1. The number of hydrogen-bond acceptors (Lipinski definition) is 4. The lowest BCUT2D eigenvalue weighted by atomic mass is 10.2. The molecule has 0 fully saturated rings. The fourth-order valence-corrected chi connectivity index (χ4v) is 1.46. The number of ether oxygens (including phenoxy) is 2. The Bertz CT molecular complexity index is 402. The van der Waals surface area contributed by atoms with Gasteiger partial charge in [0.1, 0.15) is 11.0 Å². The number of hydrogen-bond donors (Lipinski definition) is 1. The van der Waals surface area contributed by atoms with Crippen molar-refractivity contribution in [2.24, 2.45) is 0 Å². The SMILES string of the molecule is COCCOCCNc1cc(C(F)(F)F)cc(Cl)n1. The molecule has 1 rings (SSSR count). The maximum Gasteiger partial charge on any atom is 0.416 e. The van der Waals surface area contributed by atoms with Crippen molar-refractivity contribution in [3.63, 3.8) is 0 Å². The largest absolute Gasteiger partial charge is 0.416 e. The Labute approximate surface area is 113 Å². The molecule has 0 saturated heterocycles. The van der Waals surface area contributed by atoms with E-state index in [0.29, 0.717) is 26.4 Å². The smallest absolute Gasteiger partial charge is 0.382 e. The second-order valence-corrected chi connectivity index (χ2v) is 3.98. The second-order valence-electron chi connectivity index (χ2n) is 3.59. The van der Waals surface area contributed by atoms with E-state index in [1.807, 2.05) is 0 Å². The van der Waals surface area contributed by atoms with Gasteiger partial charge in [-0.2, -0.15) is 13.2 Å². The van der Waals surface area contributed by atoms with Crippen LogP contribution in [0, 0.1) is 0 Å². The van der Waals surface area contributed by atoms with Gasteiger partial charge in [0, 0.05) is 13.7 Å². The Balaban J connectivity index is 2.48. The van der Waals surface area contributed by atoms with Crippen molar-refractivity contribution >= 4 is 17.4 Å². The molecule has 0 radical (unpaired) electrons. The zero-order chi connectivity index (χ0) is 14.3. The number of halogens is 4. The van der Waals surface area contributed by atoms with Crippen molar-refractivity contribution in [1.29, 1.82) is 0 Å². The van der Waals surface area contributed by atoms with Gasteiger partial charge in [-0.3, -0.25) is 0 Å². The summed E-state index contributed by atoms with van der Waals surface area (Å²) in [6, 6.07) is 1.68. The van der Waals surface area contributed by atoms with Crippen LogP contribution in [-0.4, -0.2) is 38.5 Å². The quantitative estimate of drug-likeness (QED) is 0.621. The molecule has 1 heterocycles. The van der Waals surface area contributed by atoms with Gasteiger partial charge in [0.2, 0.25) is 0 Å². The molecule has 1 aromatic heterocycles. The van der Waals surface area contributed by atoms with Crippen molar-refractivity contribution in [1.82, 2.24) is 4.98 Å². The zero-order valence-electron chi connectivity index (χ0n) is 10.3. The minimum absolute atomic E-state index is 0.0650. The van der Waals surface area contributed by atoms with Gasteiger partial charge in [0.25, 0.3) is 0 Å². The maximum absolute atomic E-state index is 12.5. The molecule has 0 bridgehead atoms. The van der Waals surface area contributed by atoms with Gasteiger partial charge in [-0.25, -0.2) is 4.98 Å². The van der Waals surface area contributed by atoms with Gasteiger partial charge in [0.05, 0.1) is 25.4 Å². The molecule has 8 heteroatoms. The van der Waals surface area contributed by atoms with E-state index < -0.39 is 11.7 Å². The highest BCUT2D eigenvalue weighted by molar-refractivity contribution is 6.29. The van der Waals surface area contributed by atoms with E-state index in [1.54, 1.807) is 7.11 Å². The molecule has 0 amide bonds. The van der Waals surface area contributed by atoms with E-state index in [2.05, 4.69) is 10.3 Å². The highest BCUT2D eigenvalue weighted by Gasteiger charge is 2.31. The maximum atomic E-state index is 12.5. The summed E-state index contributed by atoms with van der Waals surface area (Å²) in [6.45, 7) is 1.55. The third-order valence-electron chi connectivity index (χ3n) is 2.11. The summed E-state index contributed by atoms with van der Waals surface area (Å²) in [5.74, 6) is 0.0650. The van der Waals surface area contributed by atoms with Crippen LogP contribution in [0.3, 0.4) is 0 Å². The summed E-state index contributed by atoms with van der Waals surface area (Å²) in [5.41, 5.74) is -0.838. The summed E-state index contributed by atoms with van der Waals surface area (Å²) >= 11 is 5.54.